The number of thiophene rings is 1. The highest BCUT2D eigenvalue weighted by molar-refractivity contribution is 7.09. The number of nitrogens with zero attached hydrogens (tertiary/aromatic N) is 1. The lowest BCUT2D eigenvalue weighted by molar-refractivity contribution is 0.336. The molecule has 3 heteroatoms. The number of unbranched alkanes of at least 4 members (excludes halogenated alkanes) is 1. The summed E-state index contributed by atoms with van der Waals surface area (Å²) < 4.78 is 0. The second-order valence-corrected chi connectivity index (χ2v) is 5.27. The van der Waals surface area contributed by atoms with E-state index in [2.05, 4.69) is 41.7 Å². The van der Waals surface area contributed by atoms with E-state index in [1.54, 1.807) is 0 Å². The number of likely N-dealkylation sites (N-methyl/N-ethyl adjacent to an activating group) is 1. The zero-order valence-corrected chi connectivity index (χ0v) is 11.4. The summed E-state index contributed by atoms with van der Waals surface area (Å²) in [7, 11) is 2.20. The van der Waals surface area contributed by atoms with Crippen LogP contribution in [0.5, 0.6) is 0 Å². The maximum atomic E-state index is 3.47. The molecule has 1 aromatic heterocycles. The van der Waals surface area contributed by atoms with Gasteiger partial charge in [0, 0.05) is 24.5 Å². The van der Waals surface area contributed by atoms with E-state index >= 15 is 0 Å². The molecule has 0 radical (unpaired) electrons. The van der Waals surface area contributed by atoms with Crippen LogP contribution in [0.15, 0.2) is 17.5 Å². The molecule has 0 saturated carbocycles. The third-order valence-corrected chi connectivity index (χ3v) is 3.63. The van der Waals surface area contributed by atoms with Gasteiger partial charge in [0.1, 0.15) is 0 Å². The zero-order valence-electron chi connectivity index (χ0n) is 10.5. The molecule has 2 nitrogen and oxygen atoms in total. The van der Waals surface area contributed by atoms with Crippen molar-refractivity contribution in [2.45, 2.75) is 26.2 Å². The molecular weight excluding hydrogens is 216 g/mol. The van der Waals surface area contributed by atoms with Crippen molar-refractivity contribution in [3.8, 4) is 0 Å². The number of nitrogens with one attached hydrogen (secondary N) is 1. The fourth-order valence-electron chi connectivity index (χ4n) is 1.56. The monoisotopic (exact) mass is 240 g/mol. The first-order valence-corrected chi connectivity index (χ1v) is 7.12. The average molecular weight is 240 g/mol. The van der Waals surface area contributed by atoms with Crippen molar-refractivity contribution in [1.29, 1.82) is 0 Å². The van der Waals surface area contributed by atoms with Crippen LogP contribution in [0.3, 0.4) is 0 Å². The van der Waals surface area contributed by atoms with Gasteiger partial charge in [0.2, 0.25) is 0 Å². The van der Waals surface area contributed by atoms with Gasteiger partial charge in [-0.2, -0.15) is 0 Å². The minimum absolute atomic E-state index is 1.11. The van der Waals surface area contributed by atoms with Crippen LogP contribution in [0, 0.1) is 0 Å². The molecule has 92 valence electrons. The maximum Gasteiger partial charge on any atom is 0.0104 e. The molecule has 1 heterocycles. The summed E-state index contributed by atoms with van der Waals surface area (Å²) >= 11 is 1.86. The first-order valence-electron chi connectivity index (χ1n) is 6.24. The van der Waals surface area contributed by atoms with Crippen molar-refractivity contribution in [3.05, 3.63) is 22.4 Å². The van der Waals surface area contributed by atoms with Crippen LogP contribution in [0.1, 0.15) is 24.6 Å². The second kappa shape index (κ2) is 8.74. The lowest BCUT2D eigenvalue weighted by Crippen LogP contribution is -2.31. The summed E-state index contributed by atoms with van der Waals surface area (Å²) in [5, 5.41) is 5.63. The lowest BCUT2D eigenvalue weighted by atomic mass is 10.3. The first kappa shape index (κ1) is 13.7. The van der Waals surface area contributed by atoms with Crippen LogP contribution >= 0.6 is 11.3 Å². The van der Waals surface area contributed by atoms with E-state index < -0.39 is 0 Å². The van der Waals surface area contributed by atoms with E-state index in [4.69, 9.17) is 0 Å². The Balaban J connectivity index is 1.96. The molecule has 0 spiro atoms. The van der Waals surface area contributed by atoms with Gasteiger partial charge in [0.15, 0.2) is 0 Å². The third kappa shape index (κ3) is 6.26. The molecule has 0 unspecified atom stereocenters. The predicted octanol–water partition coefficient (Wildman–Crippen LogP) is 2.61. The summed E-state index contributed by atoms with van der Waals surface area (Å²) in [5.41, 5.74) is 0. The summed E-state index contributed by atoms with van der Waals surface area (Å²) in [6, 6.07) is 4.35. The van der Waals surface area contributed by atoms with Crippen molar-refractivity contribution in [2.75, 3.05) is 33.2 Å². The SMILES string of the molecule is CCCCNCCN(C)CCc1cccs1. The van der Waals surface area contributed by atoms with Crippen molar-refractivity contribution in [1.82, 2.24) is 10.2 Å². The van der Waals surface area contributed by atoms with Gasteiger partial charge >= 0.3 is 0 Å². The van der Waals surface area contributed by atoms with E-state index in [0.29, 0.717) is 0 Å². The minimum atomic E-state index is 1.11. The quantitative estimate of drug-likeness (QED) is 0.668. The molecular formula is C13H24N2S. The Labute approximate surface area is 104 Å². The molecule has 0 amide bonds. The van der Waals surface area contributed by atoms with Gasteiger partial charge in [-0.25, -0.2) is 0 Å². The number of hydrogen-bond acceptors (Lipinski definition) is 3. The summed E-state index contributed by atoms with van der Waals surface area (Å²) in [6.45, 7) is 6.82. The largest absolute Gasteiger partial charge is 0.315 e. The Morgan fingerprint density at radius 3 is 2.88 bits per heavy atom. The molecule has 0 atom stereocenters. The highest BCUT2D eigenvalue weighted by atomic mass is 32.1. The number of rotatable bonds is 9. The lowest BCUT2D eigenvalue weighted by Gasteiger charge is -2.16. The normalized spacial score (nSPS) is 11.2. The summed E-state index contributed by atoms with van der Waals surface area (Å²) in [5.74, 6) is 0. The van der Waals surface area contributed by atoms with Crippen LogP contribution < -0.4 is 5.32 Å². The Morgan fingerprint density at radius 1 is 1.31 bits per heavy atom. The van der Waals surface area contributed by atoms with E-state index in [-0.39, 0.29) is 0 Å². The number of hydrogen-bond donors (Lipinski definition) is 1. The molecule has 0 aliphatic heterocycles. The van der Waals surface area contributed by atoms with E-state index in [1.165, 1.54) is 24.1 Å². The fraction of sp³-hybridized carbons (Fsp3) is 0.692. The zero-order chi connectivity index (χ0) is 11.6. The highest BCUT2D eigenvalue weighted by Gasteiger charge is 1.99. The van der Waals surface area contributed by atoms with E-state index in [0.717, 1.165) is 26.2 Å². The summed E-state index contributed by atoms with van der Waals surface area (Å²) in [4.78, 5) is 3.89. The molecule has 1 rings (SSSR count). The predicted molar refractivity (Wildman–Crippen MR) is 73.3 cm³/mol. The van der Waals surface area contributed by atoms with Crippen molar-refractivity contribution in [2.24, 2.45) is 0 Å². The molecule has 0 aliphatic carbocycles. The van der Waals surface area contributed by atoms with Crippen LogP contribution in [-0.2, 0) is 6.42 Å². The van der Waals surface area contributed by atoms with Gasteiger partial charge in [-0.05, 0) is 37.9 Å². The Bertz CT molecular complexity index is 246. The standard InChI is InChI=1S/C13H24N2S/c1-3-4-8-14-9-11-15(2)10-7-13-6-5-12-16-13/h5-6,12,14H,3-4,7-11H2,1-2H3. The second-order valence-electron chi connectivity index (χ2n) is 4.24. The van der Waals surface area contributed by atoms with Gasteiger partial charge in [-0.3, -0.25) is 0 Å². The maximum absolute atomic E-state index is 3.47. The van der Waals surface area contributed by atoms with Crippen molar-refractivity contribution in [3.63, 3.8) is 0 Å². The van der Waals surface area contributed by atoms with Crippen molar-refractivity contribution >= 4 is 11.3 Å². The molecule has 0 bridgehead atoms. The Morgan fingerprint density at radius 2 is 2.19 bits per heavy atom. The third-order valence-electron chi connectivity index (χ3n) is 2.70. The average Bonchev–Trinajstić information content (AvgIpc) is 2.79. The molecule has 0 fully saturated rings. The van der Waals surface area contributed by atoms with Gasteiger partial charge < -0.3 is 10.2 Å². The molecule has 1 N–H and O–H groups in total. The molecule has 0 aromatic carbocycles. The van der Waals surface area contributed by atoms with Crippen LogP contribution in [0.4, 0.5) is 0 Å². The topological polar surface area (TPSA) is 15.3 Å². The van der Waals surface area contributed by atoms with Gasteiger partial charge in [0.05, 0.1) is 0 Å². The Hall–Kier alpha value is -0.380. The highest BCUT2D eigenvalue weighted by Crippen LogP contribution is 2.09. The Kier molecular flexibility index (Phi) is 7.47. The molecule has 0 saturated heterocycles. The van der Waals surface area contributed by atoms with Gasteiger partial charge in [-0.1, -0.05) is 19.4 Å². The van der Waals surface area contributed by atoms with Crippen LogP contribution in [0.2, 0.25) is 0 Å². The van der Waals surface area contributed by atoms with E-state index in [1.807, 2.05) is 11.3 Å². The molecule has 1 aromatic rings. The first-order chi connectivity index (χ1) is 7.83. The van der Waals surface area contributed by atoms with E-state index in [9.17, 15) is 0 Å². The fourth-order valence-corrected chi connectivity index (χ4v) is 2.26. The van der Waals surface area contributed by atoms with Gasteiger partial charge in [-0.15, -0.1) is 11.3 Å². The van der Waals surface area contributed by atoms with Crippen LogP contribution in [0.25, 0.3) is 0 Å². The molecule has 0 aliphatic rings. The minimum Gasteiger partial charge on any atom is -0.315 e. The smallest absolute Gasteiger partial charge is 0.0104 e. The van der Waals surface area contributed by atoms with Crippen molar-refractivity contribution < 1.29 is 0 Å². The summed E-state index contributed by atoms with van der Waals surface area (Å²) in [6.07, 6.45) is 3.75. The van der Waals surface area contributed by atoms with Crippen LogP contribution in [-0.4, -0.2) is 38.1 Å². The molecule has 16 heavy (non-hydrogen) atoms. The van der Waals surface area contributed by atoms with Gasteiger partial charge in [0.25, 0.3) is 0 Å².